The van der Waals surface area contributed by atoms with Crippen LogP contribution in [0.25, 0.3) is 0 Å². The molecule has 0 saturated carbocycles. The molecule has 6 heteroatoms. The van der Waals surface area contributed by atoms with Crippen LogP contribution in [0.15, 0.2) is 39.9 Å². The average molecular weight is 220 g/mol. The number of carboxylic acid groups (broad SMARTS) is 1. The van der Waals surface area contributed by atoms with Crippen LogP contribution in [-0.4, -0.2) is 20.8 Å². The summed E-state index contributed by atoms with van der Waals surface area (Å²) in [4.78, 5) is 21.4. The van der Waals surface area contributed by atoms with Crippen molar-refractivity contribution in [2.45, 2.75) is 6.54 Å². The number of pyridine rings is 1. The molecule has 82 valence electrons. The minimum atomic E-state index is -1.13. The van der Waals surface area contributed by atoms with E-state index in [0.29, 0.717) is 12.3 Å². The predicted molar refractivity (Wildman–Crippen MR) is 53.3 cm³/mol. The Morgan fingerprint density at radius 1 is 1.44 bits per heavy atom. The normalized spacial score (nSPS) is 10.2. The van der Waals surface area contributed by atoms with Gasteiger partial charge in [-0.2, -0.15) is 0 Å². The summed E-state index contributed by atoms with van der Waals surface area (Å²) < 4.78 is 6.52. The monoisotopic (exact) mass is 220 g/mol. The van der Waals surface area contributed by atoms with Crippen molar-refractivity contribution in [1.82, 2.24) is 9.72 Å². The molecule has 1 N–H and O–H groups in total. The topological polar surface area (TPSA) is 85.3 Å². The first-order valence-corrected chi connectivity index (χ1v) is 4.50. The van der Waals surface area contributed by atoms with E-state index in [-0.39, 0.29) is 11.1 Å². The lowest BCUT2D eigenvalue weighted by Crippen LogP contribution is -2.04. The predicted octanol–water partition coefficient (Wildman–Crippen LogP) is 0.583. The van der Waals surface area contributed by atoms with E-state index in [0.717, 1.165) is 0 Å². The fraction of sp³-hybridized carbons (Fsp3) is 0.100. The van der Waals surface area contributed by atoms with E-state index < -0.39 is 5.97 Å². The highest BCUT2D eigenvalue weighted by molar-refractivity contribution is 5.85. The third kappa shape index (κ3) is 2.17. The maximum atomic E-state index is 10.8. The second-order valence-corrected chi connectivity index (χ2v) is 3.19. The Morgan fingerprint density at radius 2 is 2.12 bits per heavy atom. The van der Waals surface area contributed by atoms with Crippen LogP contribution in [0.4, 0.5) is 0 Å². The molecule has 0 aliphatic rings. The molecule has 0 aromatic carbocycles. The highest BCUT2D eigenvalue weighted by atomic mass is 16.5. The summed E-state index contributed by atoms with van der Waals surface area (Å²) in [6.45, 7) is 0.334. The molecule has 0 unspecified atom stereocenters. The van der Waals surface area contributed by atoms with Gasteiger partial charge in [0.2, 0.25) is 0 Å². The van der Waals surface area contributed by atoms with E-state index >= 15 is 0 Å². The lowest BCUT2D eigenvalue weighted by Gasteiger charge is -2.00. The summed E-state index contributed by atoms with van der Waals surface area (Å²) in [7, 11) is 0. The lowest BCUT2D eigenvalue weighted by molar-refractivity contribution is 0.0685. The maximum absolute atomic E-state index is 10.8. The smallest absolute Gasteiger partial charge is 0.358 e. The number of nitrogens with zero attached hydrogens (tertiary/aromatic N) is 2. The molecule has 0 aliphatic carbocycles. The fourth-order valence-corrected chi connectivity index (χ4v) is 1.22. The SMILES string of the molecule is O=C(O)c1cc(Cn2ccc(=O)cc2)on1. The molecule has 2 rings (SSSR count). The summed E-state index contributed by atoms with van der Waals surface area (Å²) in [5.74, 6) is -0.712. The third-order valence-corrected chi connectivity index (χ3v) is 1.98. The van der Waals surface area contributed by atoms with Gasteiger partial charge in [0.25, 0.3) is 0 Å². The molecule has 0 aliphatic heterocycles. The summed E-state index contributed by atoms with van der Waals surface area (Å²) >= 11 is 0. The molecule has 0 bridgehead atoms. The van der Waals surface area contributed by atoms with Gasteiger partial charge < -0.3 is 14.2 Å². The van der Waals surface area contributed by atoms with Crippen LogP contribution in [0, 0.1) is 0 Å². The Balaban J connectivity index is 2.17. The van der Waals surface area contributed by atoms with Gasteiger partial charge in [-0.3, -0.25) is 4.79 Å². The molecule has 0 saturated heterocycles. The van der Waals surface area contributed by atoms with Crippen molar-refractivity contribution < 1.29 is 14.4 Å². The molecule has 16 heavy (non-hydrogen) atoms. The van der Waals surface area contributed by atoms with Gasteiger partial charge in [0.1, 0.15) is 0 Å². The molecule has 0 fully saturated rings. The Labute approximate surface area is 89.7 Å². The van der Waals surface area contributed by atoms with E-state index in [1.807, 2.05) is 0 Å². The Morgan fingerprint density at radius 3 is 2.69 bits per heavy atom. The van der Waals surface area contributed by atoms with Crippen LogP contribution in [0.5, 0.6) is 0 Å². The van der Waals surface area contributed by atoms with Crippen LogP contribution in [0.2, 0.25) is 0 Å². The van der Waals surface area contributed by atoms with Gasteiger partial charge in [0.15, 0.2) is 16.9 Å². The first-order valence-electron chi connectivity index (χ1n) is 4.50. The Bertz CT molecular complexity index is 550. The van der Waals surface area contributed by atoms with Gasteiger partial charge in [0, 0.05) is 30.6 Å². The van der Waals surface area contributed by atoms with Crippen LogP contribution in [0.3, 0.4) is 0 Å². The zero-order valence-electron chi connectivity index (χ0n) is 8.16. The molecule has 0 radical (unpaired) electrons. The van der Waals surface area contributed by atoms with Gasteiger partial charge in [-0.1, -0.05) is 5.16 Å². The average Bonchev–Trinajstić information content (AvgIpc) is 2.70. The van der Waals surface area contributed by atoms with E-state index in [9.17, 15) is 9.59 Å². The molecule has 2 heterocycles. The fourth-order valence-electron chi connectivity index (χ4n) is 1.22. The number of carboxylic acids is 1. The highest BCUT2D eigenvalue weighted by Crippen LogP contribution is 2.05. The van der Waals surface area contributed by atoms with E-state index in [4.69, 9.17) is 9.63 Å². The van der Waals surface area contributed by atoms with Crippen molar-refractivity contribution in [3.63, 3.8) is 0 Å². The minimum absolute atomic E-state index is 0.0833. The Hall–Kier alpha value is -2.37. The van der Waals surface area contributed by atoms with E-state index in [1.54, 1.807) is 17.0 Å². The number of aromatic nitrogens is 2. The molecular weight excluding hydrogens is 212 g/mol. The van der Waals surface area contributed by atoms with Crippen LogP contribution < -0.4 is 5.43 Å². The van der Waals surface area contributed by atoms with Crippen molar-refractivity contribution in [1.29, 1.82) is 0 Å². The molecule has 0 atom stereocenters. The third-order valence-electron chi connectivity index (χ3n) is 1.98. The van der Waals surface area contributed by atoms with Crippen LogP contribution in [0.1, 0.15) is 16.2 Å². The highest BCUT2D eigenvalue weighted by Gasteiger charge is 2.10. The first-order chi connectivity index (χ1) is 7.65. The summed E-state index contributed by atoms with van der Waals surface area (Å²) in [6, 6.07) is 4.17. The van der Waals surface area contributed by atoms with Crippen molar-refractivity contribution >= 4 is 5.97 Å². The van der Waals surface area contributed by atoms with E-state index in [2.05, 4.69) is 5.16 Å². The molecule has 0 spiro atoms. The van der Waals surface area contributed by atoms with Crippen LogP contribution >= 0.6 is 0 Å². The lowest BCUT2D eigenvalue weighted by atomic mass is 10.3. The molecule has 0 amide bonds. The van der Waals surface area contributed by atoms with Crippen molar-refractivity contribution in [2.24, 2.45) is 0 Å². The second-order valence-electron chi connectivity index (χ2n) is 3.19. The van der Waals surface area contributed by atoms with Crippen molar-refractivity contribution in [3.8, 4) is 0 Å². The quantitative estimate of drug-likeness (QED) is 0.817. The second kappa shape index (κ2) is 4.01. The molecular formula is C10H8N2O4. The van der Waals surface area contributed by atoms with E-state index in [1.165, 1.54) is 18.2 Å². The van der Waals surface area contributed by atoms with Gasteiger partial charge in [-0.25, -0.2) is 4.79 Å². The number of rotatable bonds is 3. The number of hydrogen-bond acceptors (Lipinski definition) is 4. The van der Waals surface area contributed by atoms with Gasteiger partial charge >= 0.3 is 5.97 Å². The van der Waals surface area contributed by atoms with Gasteiger partial charge in [0.05, 0.1) is 6.54 Å². The zero-order valence-corrected chi connectivity index (χ0v) is 8.16. The van der Waals surface area contributed by atoms with Crippen LogP contribution in [-0.2, 0) is 6.54 Å². The van der Waals surface area contributed by atoms with Crippen molar-refractivity contribution in [2.75, 3.05) is 0 Å². The molecule has 2 aromatic heterocycles. The molecule has 6 nitrogen and oxygen atoms in total. The Kier molecular flexibility index (Phi) is 2.55. The zero-order chi connectivity index (χ0) is 11.5. The standard InChI is InChI=1S/C10H8N2O4/c13-7-1-3-12(4-2-7)6-8-5-9(10(14)15)11-16-8/h1-5H,6H2,(H,14,15). The number of hydrogen-bond donors (Lipinski definition) is 1. The minimum Gasteiger partial charge on any atom is -0.476 e. The summed E-state index contributed by atoms with van der Waals surface area (Å²) in [6.07, 6.45) is 3.18. The summed E-state index contributed by atoms with van der Waals surface area (Å²) in [5, 5.41) is 12.0. The summed E-state index contributed by atoms with van der Waals surface area (Å²) in [5.41, 5.74) is -0.212. The first kappa shape index (κ1) is 10.2. The number of carbonyl (C=O) groups is 1. The van der Waals surface area contributed by atoms with Gasteiger partial charge in [-0.05, 0) is 0 Å². The maximum Gasteiger partial charge on any atom is 0.358 e. The molecule has 2 aromatic rings. The van der Waals surface area contributed by atoms with Gasteiger partial charge in [-0.15, -0.1) is 0 Å². The number of aromatic carboxylic acids is 1. The van der Waals surface area contributed by atoms with Crippen molar-refractivity contribution in [3.05, 3.63) is 52.3 Å². The largest absolute Gasteiger partial charge is 0.476 e.